The highest BCUT2D eigenvalue weighted by Crippen LogP contribution is 2.31. The molecule has 0 aliphatic carbocycles. The van der Waals surface area contributed by atoms with Crippen molar-refractivity contribution in [3.05, 3.63) is 24.7 Å². The van der Waals surface area contributed by atoms with E-state index in [1.54, 1.807) is 0 Å². The second kappa shape index (κ2) is 4.79. The maximum Gasteiger partial charge on any atom is 0.163 e. The second-order valence-electron chi connectivity index (χ2n) is 3.17. The molecule has 0 spiro atoms. The van der Waals surface area contributed by atoms with E-state index in [1.807, 2.05) is 26.0 Å². The molecule has 1 aromatic heterocycles. The van der Waals surface area contributed by atoms with Crippen molar-refractivity contribution in [3.8, 4) is 11.5 Å². The van der Waals surface area contributed by atoms with E-state index in [9.17, 15) is 0 Å². The molecular formula is C12H13N2O2. The zero-order chi connectivity index (χ0) is 11.4. The molecule has 16 heavy (non-hydrogen) atoms. The Bertz CT molecular complexity index is 441. The van der Waals surface area contributed by atoms with Gasteiger partial charge in [-0.15, -0.1) is 0 Å². The minimum absolute atomic E-state index is 0.596. The van der Waals surface area contributed by atoms with Gasteiger partial charge in [0.05, 0.1) is 18.7 Å². The van der Waals surface area contributed by atoms with Crippen LogP contribution >= 0.6 is 0 Å². The molecule has 0 aliphatic heterocycles. The van der Waals surface area contributed by atoms with Gasteiger partial charge >= 0.3 is 0 Å². The van der Waals surface area contributed by atoms with Crippen LogP contribution in [0.25, 0.3) is 10.9 Å². The van der Waals surface area contributed by atoms with Crippen molar-refractivity contribution < 1.29 is 9.47 Å². The number of hydrogen-bond acceptors (Lipinski definition) is 4. The molecule has 0 aliphatic rings. The van der Waals surface area contributed by atoms with E-state index in [0.717, 1.165) is 10.9 Å². The third kappa shape index (κ3) is 2.05. The summed E-state index contributed by atoms with van der Waals surface area (Å²) >= 11 is 0. The molecule has 0 atom stereocenters. The quantitative estimate of drug-likeness (QED) is 0.787. The van der Waals surface area contributed by atoms with E-state index in [0.29, 0.717) is 24.7 Å². The summed E-state index contributed by atoms with van der Waals surface area (Å²) in [6.45, 7) is 5.07. The first-order valence-corrected chi connectivity index (χ1v) is 5.27. The molecule has 0 bridgehead atoms. The molecule has 0 unspecified atom stereocenters. The predicted molar refractivity (Wildman–Crippen MR) is 60.7 cm³/mol. The molecule has 0 N–H and O–H groups in total. The Balaban J connectivity index is 2.51. The number of hydrogen-bond donors (Lipinski definition) is 0. The SMILES string of the molecule is CCOc1cc2[c]ncnc2cc1OCC. The van der Waals surface area contributed by atoms with Crippen molar-refractivity contribution in [2.75, 3.05) is 13.2 Å². The van der Waals surface area contributed by atoms with Crippen LogP contribution in [0.2, 0.25) is 0 Å². The number of aromatic nitrogens is 2. The normalized spacial score (nSPS) is 10.4. The van der Waals surface area contributed by atoms with E-state index in [4.69, 9.17) is 9.47 Å². The highest BCUT2D eigenvalue weighted by molar-refractivity contribution is 5.81. The third-order valence-electron chi connectivity index (χ3n) is 2.10. The summed E-state index contributed by atoms with van der Waals surface area (Å²) in [7, 11) is 0. The molecule has 0 amide bonds. The number of nitrogens with zero attached hydrogens (tertiary/aromatic N) is 2. The van der Waals surface area contributed by atoms with Crippen molar-refractivity contribution in [1.29, 1.82) is 0 Å². The summed E-state index contributed by atoms with van der Waals surface area (Å²) < 4.78 is 11.0. The third-order valence-corrected chi connectivity index (χ3v) is 2.10. The molecule has 83 valence electrons. The van der Waals surface area contributed by atoms with Gasteiger partial charge in [-0.2, -0.15) is 0 Å². The van der Waals surface area contributed by atoms with Crippen LogP contribution in [0.4, 0.5) is 0 Å². The monoisotopic (exact) mass is 217 g/mol. The van der Waals surface area contributed by atoms with E-state index in [-0.39, 0.29) is 0 Å². The molecule has 1 radical (unpaired) electrons. The smallest absolute Gasteiger partial charge is 0.163 e. The van der Waals surface area contributed by atoms with E-state index >= 15 is 0 Å². The van der Waals surface area contributed by atoms with Gasteiger partial charge in [-0.1, -0.05) is 0 Å². The topological polar surface area (TPSA) is 44.2 Å². The minimum atomic E-state index is 0.596. The molecule has 1 heterocycles. The van der Waals surface area contributed by atoms with Crippen LogP contribution in [-0.4, -0.2) is 23.2 Å². The van der Waals surface area contributed by atoms with Gasteiger partial charge in [0, 0.05) is 11.5 Å². The van der Waals surface area contributed by atoms with Crippen molar-refractivity contribution in [1.82, 2.24) is 9.97 Å². The van der Waals surface area contributed by atoms with Gasteiger partial charge in [0.1, 0.15) is 12.5 Å². The fraction of sp³-hybridized carbons (Fsp3) is 0.333. The van der Waals surface area contributed by atoms with Crippen molar-refractivity contribution in [2.24, 2.45) is 0 Å². The molecule has 0 saturated carbocycles. The largest absolute Gasteiger partial charge is 0.490 e. The standard InChI is InChI=1S/C12H13N2O2/c1-3-15-11-5-9-7-13-8-14-10(9)6-12(11)16-4-2/h5-6,8H,3-4H2,1-2H3. The zero-order valence-electron chi connectivity index (χ0n) is 9.36. The number of rotatable bonds is 4. The molecule has 4 heteroatoms. The van der Waals surface area contributed by atoms with Crippen LogP contribution in [0.15, 0.2) is 18.5 Å². The highest BCUT2D eigenvalue weighted by atomic mass is 16.5. The Labute approximate surface area is 94.2 Å². The summed E-state index contributed by atoms with van der Waals surface area (Å²) in [4.78, 5) is 8.00. The van der Waals surface area contributed by atoms with E-state index in [1.165, 1.54) is 6.33 Å². The Morgan fingerprint density at radius 2 is 1.81 bits per heavy atom. The van der Waals surface area contributed by atoms with Gasteiger partial charge in [-0.3, -0.25) is 0 Å². The first-order chi connectivity index (χ1) is 7.85. The molecule has 0 fully saturated rings. The predicted octanol–water partition coefficient (Wildman–Crippen LogP) is 2.23. The Morgan fingerprint density at radius 1 is 1.12 bits per heavy atom. The zero-order valence-corrected chi connectivity index (χ0v) is 9.36. The molecule has 0 saturated heterocycles. The summed E-state index contributed by atoms with van der Waals surface area (Å²) in [5.41, 5.74) is 0.807. The molecule has 2 rings (SSSR count). The van der Waals surface area contributed by atoms with Gasteiger partial charge < -0.3 is 9.47 Å². The molecular weight excluding hydrogens is 204 g/mol. The van der Waals surface area contributed by atoms with E-state index in [2.05, 4.69) is 16.2 Å². The lowest BCUT2D eigenvalue weighted by Crippen LogP contribution is -1.98. The molecule has 4 nitrogen and oxygen atoms in total. The fourth-order valence-electron chi connectivity index (χ4n) is 1.47. The van der Waals surface area contributed by atoms with Crippen molar-refractivity contribution in [2.45, 2.75) is 13.8 Å². The first kappa shape index (κ1) is 10.7. The van der Waals surface area contributed by atoms with Crippen LogP contribution in [0.3, 0.4) is 0 Å². The highest BCUT2D eigenvalue weighted by Gasteiger charge is 2.07. The average molecular weight is 217 g/mol. The van der Waals surface area contributed by atoms with Crippen LogP contribution in [-0.2, 0) is 0 Å². The number of fused-ring (bicyclic) bond motifs is 1. The van der Waals surface area contributed by atoms with Crippen LogP contribution in [0.5, 0.6) is 11.5 Å². The van der Waals surface area contributed by atoms with Crippen molar-refractivity contribution in [3.63, 3.8) is 0 Å². The van der Waals surface area contributed by atoms with Gasteiger partial charge in [0.2, 0.25) is 0 Å². The molecule has 1 aromatic carbocycles. The second-order valence-corrected chi connectivity index (χ2v) is 3.17. The molecule has 2 aromatic rings. The fourth-order valence-corrected chi connectivity index (χ4v) is 1.47. The van der Waals surface area contributed by atoms with Crippen LogP contribution in [0.1, 0.15) is 13.8 Å². The first-order valence-electron chi connectivity index (χ1n) is 5.27. The Morgan fingerprint density at radius 3 is 2.50 bits per heavy atom. The van der Waals surface area contributed by atoms with Gasteiger partial charge in [-0.25, -0.2) is 9.97 Å². The lowest BCUT2D eigenvalue weighted by molar-refractivity contribution is 0.288. The van der Waals surface area contributed by atoms with Gasteiger partial charge in [-0.05, 0) is 19.9 Å². The summed E-state index contributed by atoms with van der Waals surface area (Å²) in [6, 6.07) is 3.70. The number of ether oxygens (including phenoxy) is 2. The maximum absolute atomic E-state index is 5.50. The Hall–Kier alpha value is -1.84. The average Bonchev–Trinajstić information content (AvgIpc) is 2.30. The number of benzene rings is 1. The maximum atomic E-state index is 5.50. The van der Waals surface area contributed by atoms with Gasteiger partial charge in [0.25, 0.3) is 0 Å². The summed E-state index contributed by atoms with van der Waals surface area (Å²) in [6.07, 6.45) is 4.34. The Kier molecular flexibility index (Phi) is 3.19. The van der Waals surface area contributed by atoms with Gasteiger partial charge in [0.15, 0.2) is 11.5 Å². The minimum Gasteiger partial charge on any atom is -0.490 e. The van der Waals surface area contributed by atoms with E-state index < -0.39 is 0 Å². The lowest BCUT2D eigenvalue weighted by atomic mass is 10.2. The van der Waals surface area contributed by atoms with Crippen molar-refractivity contribution >= 4 is 10.9 Å². The van der Waals surface area contributed by atoms with Crippen LogP contribution < -0.4 is 9.47 Å². The lowest BCUT2D eigenvalue weighted by Gasteiger charge is -2.11. The summed E-state index contributed by atoms with van der Waals surface area (Å²) in [5.74, 6) is 1.42. The van der Waals surface area contributed by atoms with Crippen LogP contribution in [0, 0.1) is 6.20 Å². The summed E-state index contributed by atoms with van der Waals surface area (Å²) in [5, 5.41) is 0.828.